The molecule has 1 aromatic carbocycles. The van der Waals surface area contributed by atoms with E-state index < -0.39 is 6.36 Å². The number of ether oxygens (including phenoxy) is 2. The van der Waals surface area contributed by atoms with E-state index in [0.717, 1.165) is 6.07 Å². The Hall–Kier alpha value is -2.31. The first-order valence-corrected chi connectivity index (χ1v) is 5.68. The third-order valence-corrected chi connectivity index (χ3v) is 2.20. The second-order valence-corrected chi connectivity index (χ2v) is 4.02. The molecule has 0 N–H and O–H groups in total. The number of nitrogens with zero attached hydrogens (tertiary/aromatic N) is 2. The fourth-order valence-corrected chi connectivity index (χ4v) is 1.59. The molecule has 0 radical (unpaired) electrons. The highest BCUT2D eigenvalue weighted by atomic mass is 19.4. The summed E-state index contributed by atoms with van der Waals surface area (Å²) in [5.74, 6) is 0.628. The summed E-state index contributed by atoms with van der Waals surface area (Å²) in [6, 6.07) is 6.83. The van der Waals surface area contributed by atoms with E-state index >= 15 is 0 Å². The summed E-state index contributed by atoms with van der Waals surface area (Å²) in [5.41, 5.74) is 0.704. The third-order valence-electron chi connectivity index (χ3n) is 2.20. The van der Waals surface area contributed by atoms with Crippen molar-refractivity contribution in [1.29, 1.82) is 0 Å². The van der Waals surface area contributed by atoms with Crippen LogP contribution in [0, 0.1) is 13.8 Å². The largest absolute Gasteiger partial charge is 0.573 e. The highest BCUT2D eigenvalue weighted by molar-refractivity contribution is 5.35. The highest BCUT2D eigenvalue weighted by Crippen LogP contribution is 2.28. The molecule has 1 aromatic heterocycles. The van der Waals surface area contributed by atoms with Crippen molar-refractivity contribution in [2.75, 3.05) is 0 Å². The predicted octanol–water partition coefficient (Wildman–Crippen LogP) is 3.78. The number of alkyl halides is 3. The first-order valence-electron chi connectivity index (χ1n) is 5.68. The fourth-order valence-electron chi connectivity index (χ4n) is 1.59. The summed E-state index contributed by atoms with van der Waals surface area (Å²) in [6.45, 7) is 3.47. The van der Waals surface area contributed by atoms with Crippen LogP contribution in [-0.4, -0.2) is 16.3 Å². The summed E-state index contributed by atoms with van der Waals surface area (Å²) in [6.07, 6.45) is -4.74. The number of aryl methyl sites for hydroxylation is 2. The van der Waals surface area contributed by atoms with E-state index in [4.69, 9.17) is 4.74 Å². The molecule has 0 spiro atoms. The van der Waals surface area contributed by atoms with Gasteiger partial charge in [-0.3, -0.25) is 0 Å². The highest BCUT2D eigenvalue weighted by Gasteiger charge is 2.31. The van der Waals surface area contributed by atoms with Crippen molar-refractivity contribution >= 4 is 0 Å². The summed E-state index contributed by atoms with van der Waals surface area (Å²) in [4.78, 5) is 8.11. The quantitative estimate of drug-likeness (QED) is 0.860. The summed E-state index contributed by atoms with van der Waals surface area (Å²) < 4.78 is 45.6. The molecule has 0 amide bonds. The Morgan fingerprint density at radius 1 is 1.00 bits per heavy atom. The predicted molar refractivity (Wildman–Crippen MR) is 64.7 cm³/mol. The van der Waals surface area contributed by atoms with E-state index in [1.54, 1.807) is 19.9 Å². The minimum Gasteiger partial charge on any atom is -0.439 e. The molecule has 0 bridgehead atoms. The average Bonchev–Trinajstić information content (AvgIpc) is 2.25. The zero-order valence-electron chi connectivity index (χ0n) is 10.7. The van der Waals surface area contributed by atoms with Crippen LogP contribution in [0.5, 0.6) is 17.4 Å². The molecular weight excluding hydrogens is 273 g/mol. The van der Waals surface area contributed by atoms with Gasteiger partial charge in [-0.1, -0.05) is 6.07 Å². The van der Waals surface area contributed by atoms with E-state index in [0.29, 0.717) is 11.5 Å². The number of rotatable bonds is 3. The van der Waals surface area contributed by atoms with Crippen LogP contribution in [0.3, 0.4) is 0 Å². The molecule has 0 aliphatic heterocycles. The maximum absolute atomic E-state index is 12.1. The van der Waals surface area contributed by atoms with Gasteiger partial charge >= 0.3 is 6.36 Å². The number of benzene rings is 1. The second kappa shape index (κ2) is 5.36. The van der Waals surface area contributed by atoms with Gasteiger partial charge in [-0.25, -0.2) is 4.98 Å². The molecule has 106 valence electrons. The lowest BCUT2D eigenvalue weighted by molar-refractivity contribution is -0.274. The van der Waals surface area contributed by atoms with Crippen molar-refractivity contribution in [3.05, 3.63) is 41.9 Å². The molecule has 1 heterocycles. The molecule has 7 heteroatoms. The van der Waals surface area contributed by atoms with Crippen molar-refractivity contribution < 1.29 is 22.6 Å². The molecule has 0 atom stereocenters. The van der Waals surface area contributed by atoms with Crippen LogP contribution in [0.25, 0.3) is 0 Å². The lowest BCUT2D eigenvalue weighted by atomic mass is 10.3. The lowest BCUT2D eigenvalue weighted by Gasteiger charge is -2.10. The first-order chi connectivity index (χ1) is 9.32. The van der Waals surface area contributed by atoms with Gasteiger partial charge in [-0.15, -0.1) is 13.2 Å². The summed E-state index contributed by atoms with van der Waals surface area (Å²) in [7, 11) is 0. The molecule has 0 aliphatic carbocycles. The van der Waals surface area contributed by atoms with Gasteiger partial charge in [0.1, 0.15) is 17.3 Å². The summed E-state index contributed by atoms with van der Waals surface area (Å²) >= 11 is 0. The number of hydrogen-bond acceptors (Lipinski definition) is 4. The van der Waals surface area contributed by atoms with Crippen LogP contribution in [0.1, 0.15) is 11.5 Å². The summed E-state index contributed by atoms with van der Waals surface area (Å²) in [5, 5.41) is 0. The van der Waals surface area contributed by atoms with E-state index in [-0.39, 0.29) is 17.4 Å². The lowest BCUT2D eigenvalue weighted by Crippen LogP contribution is -2.17. The van der Waals surface area contributed by atoms with Crippen molar-refractivity contribution in [1.82, 2.24) is 9.97 Å². The SMILES string of the molecule is Cc1cc(Oc2cccc(OC(F)(F)F)c2)nc(C)n1. The molecular formula is C13H11F3N2O2. The smallest absolute Gasteiger partial charge is 0.439 e. The average molecular weight is 284 g/mol. The molecule has 0 unspecified atom stereocenters. The van der Waals surface area contributed by atoms with Crippen LogP contribution in [0.2, 0.25) is 0 Å². The molecule has 0 saturated carbocycles. The van der Waals surface area contributed by atoms with Gasteiger partial charge in [0.05, 0.1) is 0 Å². The zero-order valence-corrected chi connectivity index (χ0v) is 10.7. The molecule has 0 aliphatic rings. The van der Waals surface area contributed by atoms with Crippen LogP contribution in [0.4, 0.5) is 13.2 Å². The van der Waals surface area contributed by atoms with Gasteiger partial charge in [0.25, 0.3) is 0 Å². The van der Waals surface area contributed by atoms with Crippen LogP contribution >= 0.6 is 0 Å². The molecule has 20 heavy (non-hydrogen) atoms. The number of hydrogen-bond donors (Lipinski definition) is 0. The maximum atomic E-state index is 12.1. The zero-order chi connectivity index (χ0) is 14.8. The van der Waals surface area contributed by atoms with Gasteiger partial charge in [0.15, 0.2) is 0 Å². The van der Waals surface area contributed by atoms with E-state index in [2.05, 4.69) is 14.7 Å². The monoisotopic (exact) mass is 284 g/mol. The van der Waals surface area contributed by atoms with Gasteiger partial charge in [0.2, 0.25) is 5.88 Å². The van der Waals surface area contributed by atoms with Gasteiger partial charge < -0.3 is 9.47 Å². The Morgan fingerprint density at radius 3 is 2.35 bits per heavy atom. The molecule has 0 saturated heterocycles. The topological polar surface area (TPSA) is 44.2 Å². The van der Waals surface area contributed by atoms with Gasteiger partial charge in [-0.05, 0) is 26.0 Å². The standard InChI is InChI=1S/C13H11F3N2O2/c1-8-6-12(18-9(2)17-8)19-10-4-3-5-11(7-10)20-13(14,15)16/h3-7H,1-2H3. The third kappa shape index (κ3) is 4.11. The first kappa shape index (κ1) is 14.1. The van der Waals surface area contributed by atoms with Crippen molar-refractivity contribution in [3.63, 3.8) is 0 Å². The second-order valence-electron chi connectivity index (χ2n) is 4.02. The molecule has 2 aromatic rings. The maximum Gasteiger partial charge on any atom is 0.573 e. The molecule has 4 nitrogen and oxygen atoms in total. The Kier molecular flexibility index (Phi) is 3.78. The fraction of sp³-hybridized carbons (Fsp3) is 0.231. The number of aromatic nitrogens is 2. The van der Waals surface area contributed by atoms with Crippen molar-refractivity contribution in [3.8, 4) is 17.4 Å². The van der Waals surface area contributed by atoms with Crippen molar-refractivity contribution in [2.45, 2.75) is 20.2 Å². The van der Waals surface area contributed by atoms with Gasteiger partial charge in [-0.2, -0.15) is 4.98 Å². The van der Waals surface area contributed by atoms with E-state index in [9.17, 15) is 13.2 Å². The van der Waals surface area contributed by atoms with Crippen LogP contribution < -0.4 is 9.47 Å². The Balaban J connectivity index is 2.19. The minimum absolute atomic E-state index is 0.198. The molecule has 2 rings (SSSR count). The van der Waals surface area contributed by atoms with Crippen LogP contribution in [0.15, 0.2) is 30.3 Å². The number of halogens is 3. The van der Waals surface area contributed by atoms with E-state index in [1.807, 2.05) is 0 Å². The molecule has 0 fully saturated rings. The van der Waals surface area contributed by atoms with Crippen LogP contribution in [-0.2, 0) is 0 Å². The minimum atomic E-state index is -4.74. The Labute approximate surface area is 113 Å². The Bertz CT molecular complexity index is 595. The van der Waals surface area contributed by atoms with Gasteiger partial charge in [0, 0.05) is 17.8 Å². The Morgan fingerprint density at radius 2 is 1.70 bits per heavy atom. The van der Waals surface area contributed by atoms with E-state index in [1.165, 1.54) is 18.2 Å². The normalized spacial score (nSPS) is 11.2. The van der Waals surface area contributed by atoms with Crippen molar-refractivity contribution in [2.24, 2.45) is 0 Å².